The average molecular weight is 479 g/mol. The number of anilines is 2. The molecule has 4 rings (SSSR count). The number of hydrogen-bond acceptors (Lipinski definition) is 7. The summed E-state index contributed by atoms with van der Waals surface area (Å²) in [4.78, 5) is 20.4. The van der Waals surface area contributed by atoms with Gasteiger partial charge >= 0.3 is 5.38 Å². The summed E-state index contributed by atoms with van der Waals surface area (Å²) in [7, 11) is 3.89. The molecule has 0 saturated carbocycles. The molecule has 1 fully saturated rings. The Balaban J connectivity index is 1.36. The fourth-order valence-electron chi connectivity index (χ4n) is 3.58. The van der Waals surface area contributed by atoms with E-state index in [-0.39, 0.29) is 5.56 Å². The highest BCUT2D eigenvalue weighted by Crippen LogP contribution is 2.34. The molecule has 0 atom stereocenters. The highest BCUT2D eigenvalue weighted by atomic mass is 35.5. The Labute approximate surface area is 195 Å². The first-order valence-corrected chi connectivity index (χ1v) is 11.6. The Hall–Kier alpha value is -2.36. The van der Waals surface area contributed by atoms with E-state index in [0.29, 0.717) is 0 Å². The van der Waals surface area contributed by atoms with Crippen molar-refractivity contribution in [2.24, 2.45) is 0 Å². The maximum absolute atomic E-state index is 13.2. The maximum Gasteiger partial charge on any atom is 0.348 e. The van der Waals surface area contributed by atoms with E-state index in [2.05, 4.69) is 19.8 Å². The van der Waals surface area contributed by atoms with Gasteiger partial charge in [0.2, 0.25) is 5.95 Å². The zero-order valence-electron chi connectivity index (χ0n) is 18.2. The summed E-state index contributed by atoms with van der Waals surface area (Å²) in [5, 5.41) is -0.508. The van der Waals surface area contributed by atoms with Crippen LogP contribution in [0.4, 0.5) is 20.5 Å². The van der Waals surface area contributed by atoms with Gasteiger partial charge in [-0.3, -0.25) is 4.90 Å². The molecular weight excluding hydrogens is 454 g/mol. The van der Waals surface area contributed by atoms with Gasteiger partial charge in [0, 0.05) is 75.1 Å². The molecule has 2 aromatic heterocycles. The first kappa shape index (κ1) is 22.8. The van der Waals surface area contributed by atoms with Crippen molar-refractivity contribution in [3.05, 3.63) is 52.7 Å². The third-order valence-corrected chi connectivity index (χ3v) is 6.48. The molecule has 170 valence electrons. The number of aryl methyl sites for hydroxylation is 1. The molecule has 10 heteroatoms. The zero-order valence-corrected chi connectivity index (χ0v) is 19.8. The number of aromatic nitrogens is 3. The molecule has 0 unspecified atom stereocenters. The smallest absolute Gasteiger partial charge is 0.348 e. The lowest BCUT2D eigenvalue weighted by Crippen LogP contribution is -2.46. The Kier molecular flexibility index (Phi) is 6.60. The summed E-state index contributed by atoms with van der Waals surface area (Å²) in [5.74, 6) is 1.68. The molecule has 3 heterocycles. The molecule has 0 bridgehead atoms. The van der Waals surface area contributed by atoms with Crippen LogP contribution in [0.15, 0.2) is 35.7 Å². The third-order valence-electron chi connectivity index (χ3n) is 5.32. The second kappa shape index (κ2) is 9.25. The summed E-state index contributed by atoms with van der Waals surface area (Å²) in [5.41, 5.74) is 2.54. The third kappa shape index (κ3) is 5.33. The number of piperazine rings is 1. The largest absolute Gasteiger partial charge is 0.354 e. The van der Waals surface area contributed by atoms with Crippen LogP contribution in [0.3, 0.4) is 0 Å². The second-order valence-corrected chi connectivity index (χ2v) is 9.38. The van der Waals surface area contributed by atoms with E-state index < -0.39 is 5.38 Å². The molecule has 3 aromatic rings. The van der Waals surface area contributed by atoms with E-state index in [1.807, 2.05) is 37.4 Å². The minimum absolute atomic E-state index is 0.214. The van der Waals surface area contributed by atoms with Crippen molar-refractivity contribution in [2.75, 3.05) is 50.1 Å². The number of benzene rings is 1. The van der Waals surface area contributed by atoms with Crippen LogP contribution in [0.5, 0.6) is 0 Å². The van der Waals surface area contributed by atoms with Gasteiger partial charge in [-0.05, 0) is 18.5 Å². The van der Waals surface area contributed by atoms with Crippen LogP contribution in [-0.4, -0.2) is 60.1 Å². The summed E-state index contributed by atoms with van der Waals surface area (Å²) in [6.45, 7) is 6.33. The van der Waals surface area contributed by atoms with Gasteiger partial charge in [0.15, 0.2) is 0 Å². The van der Waals surface area contributed by atoms with Gasteiger partial charge in [-0.25, -0.2) is 9.97 Å². The quantitative estimate of drug-likeness (QED) is 0.483. The molecule has 0 aliphatic carbocycles. The number of thiazole rings is 1. The maximum atomic E-state index is 13.2. The topological polar surface area (TPSA) is 48.4 Å². The normalized spacial score (nSPS) is 15.2. The van der Waals surface area contributed by atoms with E-state index in [1.54, 1.807) is 12.1 Å². The van der Waals surface area contributed by atoms with Gasteiger partial charge in [0.25, 0.3) is 0 Å². The molecule has 32 heavy (non-hydrogen) atoms. The fourth-order valence-corrected chi connectivity index (χ4v) is 4.52. The Bertz CT molecular complexity index is 1060. The standard InChI is InChI=1S/C22H25ClF2N6S/c1-15-12-19(28-21(26-15)29(2)3)31-10-8-30(9-11-31)13-18-14-32-20(27-18)16-4-6-17(7-5-16)22(23,24)25/h4-7,12,14H,8-11,13H2,1-3H3. The lowest BCUT2D eigenvalue weighted by atomic mass is 10.1. The Morgan fingerprint density at radius 3 is 2.38 bits per heavy atom. The summed E-state index contributed by atoms with van der Waals surface area (Å²) in [6, 6.07) is 8.00. The van der Waals surface area contributed by atoms with Gasteiger partial charge in [-0.1, -0.05) is 24.3 Å². The first-order valence-electron chi connectivity index (χ1n) is 10.3. The molecule has 6 nitrogen and oxygen atoms in total. The van der Waals surface area contributed by atoms with Crippen LogP contribution in [0, 0.1) is 6.92 Å². The molecule has 0 spiro atoms. The number of halogens is 3. The van der Waals surface area contributed by atoms with Gasteiger partial charge in [-0.15, -0.1) is 11.3 Å². The molecule has 0 amide bonds. The number of hydrogen-bond donors (Lipinski definition) is 0. The average Bonchev–Trinajstić information content (AvgIpc) is 3.22. The van der Waals surface area contributed by atoms with Crippen molar-refractivity contribution in [3.8, 4) is 10.6 Å². The molecule has 1 saturated heterocycles. The number of alkyl halides is 3. The molecule has 0 radical (unpaired) electrons. The van der Waals surface area contributed by atoms with Gasteiger partial charge in [0.05, 0.1) is 5.69 Å². The molecule has 0 N–H and O–H groups in total. The zero-order chi connectivity index (χ0) is 22.9. The molecular formula is C22H25ClF2N6S. The van der Waals surface area contributed by atoms with Crippen molar-refractivity contribution < 1.29 is 8.78 Å². The summed E-state index contributed by atoms with van der Waals surface area (Å²) in [6.07, 6.45) is 0. The molecule has 1 aliphatic rings. The van der Waals surface area contributed by atoms with Crippen molar-refractivity contribution in [1.82, 2.24) is 19.9 Å². The summed E-state index contributed by atoms with van der Waals surface area (Å²) >= 11 is 6.60. The fraction of sp³-hybridized carbons (Fsp3) is 0.409. The van der Waals surface area contributed by atoms with Crippen molar-refractivity contribution in [2.45, 2.75) is 18.9 Å². The lowest BCUT2D eigenvalue weighted by Gasteiger charge is -2.35. The first-order chi connectivity index (χ1) is 15.2. The van der Waals surface area contributed by atoms with Gasteiger partial charge in [-0.2, -0.15) is 13.8 Å². The van der Waals surface area contributed by atoms with E-state index >= 15 is 0 Å². The molecule has 1 aliphatic heterocycles. The number of nitrogens with zero attached hydrogens (tertiary/aromatic N) is 6. The monoisotopic (exact) mass is 478 g/mol. The van der Waals surface area contributed by atoms with Crippen molar-refractivity contribution in [1.29, 1.82) is 0 Å². The minimum Gasteiger partial charge on any atom is -0.354 e. The van der Waals surface area contributed by atoms with E-state index in [1.165, 1.54) is 23.5 Å². The van der Waals surface area contributed by atoms with Crippen molar-refractivity contribution in [3.63, 3.8) is 0 Å². The predicted octanol–water partition coefficient (Wildman–Crippen LogP) is 4.58. The van der Waals surface area contributed by atoms with Gasteiger partial charge in [0.1, 0.15) is 10.8 Å². The summed E-state index contributed by atoms with van der Waals surface area (Å²) < 4.78 is 26.4. The van der Waals surface area contributed by atoms with Crippen LogP contribution >= 0.6 is 22.9 Å². The highest BCUT2D eigenvalue weighted by molar-refractivity contribution is 7.13. The van der Waals surface area contributed by atoms with Crippen LogP contribution in [0.2, 0.25) is 0 Å². The van der Waals surface area contributed by atoms with Crippen LogP contribution in [0.25, 0.3) is 10.6 Å². The Morgan fingerprint density at radius 2 is 1.75 bits per heavy atom. The predicted molar refractivity (Wildman–Crippen MR) is 126 cm³/mol. The Morgan fingerprint density at radius 1 is 1.06 bits per heavy atom. The minimum atomic E-state index is -3.35. The lowest BCUT2D eigenvalue weighted by molar-refractivity contribution is 0.0951. The van der Waals surface area contributed by atoms with Gasteiger partial charge < -0.3 is 9.80 Å². The number of rotatable bonds is 6. The SMILES string of the molecule is Cc1cc(N2CCN(Cc3csc(-c4ccc(C(F)(F)Cl)cc4)n3)CC2)nc(N(C)C)n1. The van der Waals surface area contributed by atoms with E-state index in [0.717, 1.165) is 66.4 Å². The van der Waals surface area contributed by atoms with Crippen LogP contribution < -0.4 is 9.80 Å². The van der Waals surface area contributed by atoms with E-state index in [9.17, 15) is 8.78 Å². The molecule has 1 aromatic carbocycles. The second-order valence-electron chi connectivity index (χ2n) is 8.04. The highest BCUT2D eigenvalue weighted by Gasteiger charge is 2.27. The van der Waals surface area contributed by atoms with E-state index in [4.69, 9.17) is 16.6 Å². The van der Waals surface area contributed by atoms with Crippen LogP contribution in [0.1, 0.15) is 17.0 Å². The van der Waals surface area contributed by atoms with Crippen LogP contribution in [-0.2, 0) is 11.9 Å². The van der Waals surface area contributed by atoms with Crippen molar-refractivity contribution >= 4 is 34.7 Å².